The molecule has 0 saturated heterocycles. The third-order valence-corrected chi connectivity index (χ3v) is 4.17. The van der Waals surface area contributed by atoms with Crippen LogP contribution in [0.5, 0.6) is 0 Å². The van der Waals surface area contributed by atoms with Crippen LogP contribution in [-0.2, 0) is 4.79 Å². The average Bonchev–Trinajstić information content (AvgIpc) is 2.93. The van der Waals surface area contributed by atoms with Gasteiger partial charge >= 0.3 is 5.97 Å². The van der Waals surface area contributed by atoms with Crippen molar-refractivity contribution in [3.63, 3.8) is 0 Å². The fraction of sp³-hybridized carbons (Fsp3) is 0.533. The molecule has 1 fully saturated rings. The van der Waals surface area contributed by atoms with Gasteiger partial charge in [0.25, 0.3) is 5.91 Å². The zero-order chi connectivity index (χ0) is 15.7. The molecule has 1 heterocycles. The number of aromatic amines is 1. The molecule has 0 bridgehead atoms. The van der Waals surface area contributed by atoms with Crippen molar-refractivity contribution in [2.75, 3.05) is 0 Å². The number of amides is 1. The molecule has 114 valence electrons. The molecule has 0 unspecified atom stereocenters. The van der Waals surface area contributed by atoms with Crippen LogP contribution in [0.15, 0.2) is 0 Å². The van der Waals surface area contributed by atoms with Crippen LogP contribution < -0.4 is 5.32 Å². The van der Waals surface area contributed by atoms with Crippen molar-refractivity contribution in [1.82, 2.24) is 10.3 Å². The van der Waals surface area contributed by atoms with E-state index in [0.29, 0.717) is 35.4 Å². The van der Waals surface area contributed by atoms with Crippen molar-refractivity contribution in [2.45, 2.75) is 46.1 Å². The first-order valence-corrected chi connectivity index (χ1v) is 7.06. The highest BCUT2D eigenvalue weighted by atomic mass is 16.4. The highest BCUT2D eigenvalue weighted by Gasteiger charge is 2.34. The number of carboxylic acids is 1. The molecule has 0 spiro atoms. The third-order valence-electron chi connectivity index (χ3n) is 4.17. The molecule has 1 saturated carbocycles. The lowest BCUT2D eigenvalue weighted by molar-refractivity contribution is -0.142. The van der Waals surface area contributed by atoms with E-state index in [1.807, 2.05) is 0 Å². The first kappa shape index (κ1) is 15.3. The van der Waals surface area contributed by atoms with Crippen LogP contribution in [0.4, 0.5) is 0 Å². The number of aliphatic carboxylic acids is 1. The lowest BCUT2D eigenvalue weighted by atomic mass is 10.0. The first-order valence-electron chi connectivity index (χ1n) is 7.06. The van der Waals surface area contributed by atoms with Gasteiger partial charge in [0.1, 0.15) is 5.69 Å². The van der Waals surface area contributed by atoms with Gasteiger partial charge in [-0.1, -0.05) is 6.42 Å². The molecular weight excluding hydrogens is 272 g/mol. The van der Waals surface area contributed by atoms with Crippen LogP contribution in [0.2, 0.25) is 0 Å². The van der Waals surface area contributed by atoms with Crippen molar-refractivity contribution in [2.24, 2.45) is 5.92 Å². The van der Waals surface area contributed by atoms with Gasteiger partial charge in [-0.2, -0.15) is 0 Å². The lowest BCUT2D eigenvalue weighted by Crippen LogP contribution is -2.40. The molecule has 1 aromatic heterocycles. The Labute approximate surface area is 122 Å². The highest BCUT2D eigenvalue weighted by molar-refractivity contribution is 6.02. The van der Waals surface area contributed by atoms with Gasteiger partial charge in [-0.25, -0.2) is 0 Å². The second kappa shape index (κ2) is 5.71. The Balaban J connectivity index is 2.20. The van der Waals surface area contributed by atoms with E-state index >= 15 is 0 Å². The molecule has 1 aliphatic rings. The molecule has 0 aromatic carbocycles. The topological polar surface area (TPSA) is 99.3 Å². The summed E-state index contributed by atoms with van der Waals surface area (Å²) in [6.07, 6.45) is 2.05. The van der Waals surface area contributed by atoms with E-state index in [1.165, 1.54) is 6.92 Å². The van der Waals surface area contributed by atoms with E-state index < -0.39 is 11.9 Å². The van der Waals surface area contributed by atoms with Gasteiger partial charge < -0.3 is 15.4 Å². The minimum atomic E-state index is -0.874. The molecular formula is C15H20N2O4. The minimum absolute atomic E-state index is 0.0930. The molecule has 1 aliphatic carbocycles. The van der Waals surface area contributed by atoms with Crippen molar-refractivity contribution in [3.05, 3.63) is 22.5 Å². The number of carbonyl (C=O) groups is 3. The van der Waals surface area contributed by atoms with Gasteiger partial charge in [-0.05, 0) is 39.2 Å². The Bertz CT molecular complexity index is 603. The first-order chi connectivity index (χ1) is 9.82. The molecule has 0 aliphatic heterocycles. The maximum absolute atomic E-state index is 12.3. The molecule has 6 nitrogen and oxygen atoms in total. The molecule has 1 amide bonds. The van der Waals surface area contributed by atoms with Crippen molar-refractivity contribution < 1.29 is 19.5 Å². The Morgan fingerprint density at radius 3 is 2.43 bits per heavy atom. The fourth-order valence-corrected chi connectivity index (χ4v) is 3.17. The third kappa shape index (κ3) is 2.84. The zero-order valence-corrected chi connectivity index (χ0v) is 12.4. The van der Waals surface area contributed by atoms with Crippen molar-refractivity contribution in [3.8, 4) is 0 Å². The number of aryl methyl sites for hydroxylation is 1. The number of hydrogen-bond acceptors (Lipinski definition) is 3. The number of aromatic nitrogens is 1. The number of carboxylic acid groups (broad SMARTS) is 1. The SMILES string of the molecule is CC(=O)c1c(C)[nH]c(C(=O)N[C@@H]2CCC[C@H]2C(=O)O)c1C. The molecule has 2 rings (SSSR count). The van der Waals surface area contributed by atoms with Gasteiger partial charge in [0, 0.05) is 17.3 Å². The van der Waals surface area contributed by atoms with Gasteiger partial charge in [0.15, 0.2) is 5.78 Å². The quantitative estimate of drug-likeness (QED) is 0.737. The summed E-state index contributed by atoms with van der Waals surface area (Å²) in [5.41, 5.74) is 2.14. The lowest BCUT2D eigenvalue weighted by Gasteiger charge is -2.17. The highest BCUT2D eigenvalue weighted by Crippen LogP contribution is 2.26. The van der Waals surface area contributed by atoms with Gasteiger partial charge in [0.05, 0.1) is 5.92 Å². The Morgan fingerprint density at radius 1 is 1.24 bits per heavy atom. The maximum atomic E-state index is 12.3. The number of Topliss-reactive ketones (excluding diaryl/α,β-unsaturated/α-hetero) is 1. The Kier molecular flexibility index (Phi) is 4.16. The second-order valence-corrected chi connectivity index (χ2v) is 5.64. The van der Waals surface area contributed by atoms with Crippen LogP contribution in [0.3, 0.4) is 0 Å². The van der Waals surface area contributed by atoms with Crippen LogP contribution in [0.1, 0.15) is 58.3 Å². The van der Waals surface area contributed by atoms with E-state index in [4.69, 9.17) is 5.11 Å². The predicted octanol–water partition coefficient (Wildman–Crippen LogP) is 1.82. The summed E-state index contributed by atoms with van der Waals surface area (Å²) in [4.78, 5) is 38.0. The van der Waals surface area contributed by atoms with Gasteiger partial charge in [-0.15, -0.1) is 0 Å². The van der Waals surface area contributed by atoms with Crippen LogP contribution in [0.25, 0.3) is 0 Å². The Hall–Kier alpha value is -2.11. The molecule has 3 N–H and O–H groups in total. The summed E-state index contributed by atoms with van der Waals surface area (Å²) in [6.45, 7) is 4.93. The van der Waals surface area contributed by atoms with E-state index in [1.54, 1.807) is 13.8 Å². The van der Waals surface area contributed by atoms with Crippen LogP contribution >= 0.6 is 0 Å². The normalized spacial score (nSPS) is 21.3. The minimum Gasteiger partial charge on any atom is -0.481 e. The number of nitrogens with one attached hydrogen (secondary N) is 2. The summed E-state index contributed by atoms with van der Waals surface area (Å²) >= 11 is 0. The van der Waals surface area contributed by atoms with Crippen molar-refractivity contribution in [1.29, 1.82) is 0 Å². The number of rotatable bonds is 4. The summed E-state index contributed by atoms with van der Waals surface area (Å²) in [5, 5.41) is 11.9. The largest absolute Gasteiger partial charge is 0.481 e. The summed E-state index contributed by atoms with van der Waals surface area (Å²) < 4.78 is 0. The summed E-state index contributed by atoms with van der Waals surface area (Å²) in [6, 6.07) is -0.348. The number of hydrogen-bond donors (Lipinski definition) is 3. The average molecular weight is 292 g/mol. The maximum Gasteiger partial charge on any atom is 0.308 e. The molecule has 6 heteroatoms. The van der Waals surface area contributed by atoms with E-state index in [-0.39, 0.29) is 17.7 Å². The van der Waals surface area contributed by atoms with Crippen LogP contribution in [-0.4, -0.2) is 33.8 Å². The molecule has 0 radical (unpaired) electrons. The van der Waals surface area contributed by atoms with Gasteiger partial charge in [-0.3, -0.25) is 14.4 Å². The number of ketones is 1. The number of H-pyrrole nitrogens is 1. The monoisotopic (exact) mass is 292 g/mol. The van der Waals surface area contributed by atoms with E-state index in [0.717, 1.165) is 6.42 Å². The second-order valence-electron chi connectivity index (χ2n) is 5.64. The molecule has 2 atom stereocenters. The van der Waals surface area contributed by atoms with Gasteiger partial charge in [0.2, 0.25) is 0 Å². The zero-order valence-electron chi connectivity index (χ0n) is 12.4. The smallest absolute Gasteiger partial charge is 0.308 e. The number of carbonyl (C=O) groups excluding carboxylic acids is 2. The predicted molar refractivity (Wildman–Crippen MR) is 76.5 cm³/mol. The fourth-order valence-electron chi connectivity index (χ4n) is 3.17. The van der Waals surface area contributed by atoms with Crippen LogP contribution in [0, 0.1) is 19.8 Å². The summed E-state index contributed by atoms with van der Waals surface area (Å²) in [5.74, 6) is -1.84. The molecule has 1 aromatic rings. The van der Waals surface area contributed by atoms with Crippen molar-refractivity contribution >= 4 is 17.7 Å². The van der Waals surface area contributed by atoms with E-state index in [2.05, 4.69) is 10.3 Å². The summed E-state index contributed by atoms with van der Waals surface area (Å²) in [7, 11) is 0. The molecule has 21 heavy (non-hydrogen) atoms. The van der Waals surface area contributed by atoms with E-state index in [9.17, 15) is 14.4 Å². The Morgan fingerprint density at radius 2 is 1.90 bits per heavy atom. The standard InChI is InChI=1S/C15H20N2O4/c1-7-12(9(3)18)8(2)16-13(7)14(19)17-11-6-4-5-10(11)15(20)21/h10-11,16H,4-6H2,1-3H3,(H,17,19)(H,20,21)/t10-,11-/m1/s1.